The molecule has 0 spiro atoms. The van der Waals surface area contributed by atoms with Crippen LogP contribution in [0.4, 0.5) is 5.69 Å². The molecule has 2 aromatic carbocycles. The van der Waals surface area contributed by atoms with E-state index in [1.54, 1.807) is 0 Å². The first kappa shape index (κ1) is 12.4. The van der Waals surface area contributed by atoms with E-state index in [1.807, 2.05) is 0 Å². The smallest absolute Gasteiger partial charge is 0.0896 e. The predicted octanol–water partition coefficient (Wildman–Crippen LogP) is 4.69. The van der Waals surface area contributed by atoms with Gasteiger partial charge in [-0.2, -0.15) is 0 Å². The van der Waals surface area contributed by atoms with Gasteiger partial charge in [-0.3, -0.25) is 0 Å². The van der Waals surface area contributed by atoms with Crippen LogP contribution in [0.25, 0.3) is 0 Å². The minimum absolute atomic E-state index is 0.233. The van der Waals surface area contributed by atoms with Crippen LogP contribution in [-0.4, -0.2) is 6.61 Å². The summed E-state index contributed by atoms with van der Waals surface area (Å²) in [5.41, 5.74) is 3.84. The van der Waals surface area contributed by atoms with E-state index >= 15 is 0 Å². The topological polar surface area (TPSA) is 21.3 Å². The van der Waals surface area contributed by atoms with Gasteiger partial charge in [0, 0.05) is 28.2 Å². The Labute approximate surface area is 127 Å². The molecule has 1 N–H and O–H groups in total. The highest BCUT2D eigenvalue weighted by molar-refractivity contribution is 9.10. The quantitative estimate of drug-likeness (QED) is 0.819. The average Bonchev–Trinajstić information content (AvgIpc) is 2.96. The van der Waals surface area contributed by atoms with E-state index in [0.29, 0.717) is 12.0 Å². The van der Waals surface area contributed by atoms with Crippen LogP contribution in [0.1, 0.15) is 29.7 Å². The molecule has 0 bridgehead atoms. The largest absolute Gasteiger partial charge is 0.378 e. The van der Waals surface area contributed by atoms with Gasteiger partial charge in [0.1, 0.15) is 0 Å². The molecular formula is C17H16BrNO. The summed E-state index contributed by atoms with van der Waals surface area (Å²) < 4.78 is 7.14. The van der Waals surface area contributed by atoms with Crippen LogP contribution in [0, 0.1) is 5.92 Å². The molecular weight excluding hydrogens is 314 g/mol. The highest BCUT2D eigenvalue weighted by Crippen LogP contribution is 2.49. The van der Waals surface area contributed by atoms with E-state index in [4.69, 9.17) is 4.74 Å². The van der Waals surface area contributed by atoms with E-state index in [-0.39, 0.29) is 6.10 Å². The Kier molecular flexibility index (Phi) is 3.04. The molecule has 102 valence electrons. The summed E-state index contributed by atoms with van der Waals surface area (Å²) >= 11 is 3.57. The van der Waals surface area contributed by atoms with Crippen molar-refractivity contribution in [1.29, 1.82) is 0 Å². The minimum atomic E-state index is 0.233. The number of halogens is 1. The van der Waals surface area contributed by atoms with Crippen molar-refractivity contribution in [2.24, 2.45) is 5.92 Å². The Morgan fingerprint density at radius 3 is 2.90 bits per heavy atom. The molecule has 3 heteroatoms. The van der Waals surface area contributed by atoms with Crippen molar-refractivity contribution in [1.82, 2.24) is 0 Å². The number of benzene rings is 2. The van der Waals surface area contributed by atoms with Gasteiger partial charge in [-0.25, -0.2) is 0 Å². The number of hydrogen-bond donors (Lipinski definition) is 1. The number of nitrogens with one attached hydrogen (secondary N) is 1. The number of hydrogen-bond acceptors (Lipinski definition) is 2. The van der Waals surface area contributed by atoms with Gasteiger partial charge < -0.3 is 10.1 Å². The lowest BCUT2D eigenvalue weighted by Crippen LogP contribution is -2.29. The van der Waals surface area contributed by atoms with Crippen LogP contribution in [0.3, 0.4) is 0 Å². The van der Waals surface area contributed by atoms with Crippen molar-refractivity contribution >= 4 is 21.6 Å². The first-order valence-corrected chi connectivity index (χ1v) is 7.85. The highest BCUT2D eigenvalue weighted by atomic mass is 79.9. The number of fused-ring (bicyclic) bond motifs is 3. The fourth-order valence-electron chi connectivity index (χ4n) is 3.45. The summed E-state index contributed by atoms with van der Waals surface area (Å²) in [5, 5.41) is 3.71. The summed E-state index contributed by atoms with van der Waals surface area (Å²) in [5.74, 6) is 0.513. The third kappa shape index (κ3) is 1.97. The normalized spacial score (nSPS) is 27.6. The molecule has 0 aliphatic carbocycles. The second kappa shape index (κ2) is 4.90. The Morgan fingerprint density at radius 2 is 2.00 bits per heavy atom. The summed E-state index contributed by atoms with van der Waals surface area (Å²) in [6.45, 7) is 0.857. The zero-order chi connectivity index (χ0) is 13.5. The predicted molar refractivity (Wildman–Crippen MR) is 83.7 cm³/mol. The van der Waals surface area contributed by atoms with Gasteiger partial charge in [-0.1, -0.05) is 46.3 Å². The second-order valence-corrected chi connectivity index (χ2v) is 6.42. The lowest BCUT2D eigenvalue weighted by atomic mass is 9.81. The van der Waals surface area contributed by atoms with Gasteiger partial charge in [0.05, 0.1) is 12.1 Å². The van der Waals surface area contributed by atoms with Crippen molar-refractivity contribution in [2.75, 3.05) is 11.9 Å². The highest BCUT2D eigenvalue weighted by Gasteiger charge is 2.41. The molecule has 0 aromatic heterocycles. The SMILES string of the molecule is Brc1cccc([C@H]2Nc3ccccc3[C@H]3OCC[C@@H]23)c1. The molecule has 2 aliphatic heterocycles. The first-order valence-electron chi connectivity index (χ1n) is 7.05. The van der Waals surface area contributed by atoms with Crippen molar-refractivity contribution in [3.8, 4) is 0 Å². The lowest BCUT2D eigenvalue weighted by molar-refractivity contribution is 0.0829. The summed E-state index contributed by atoms with van der Waals surface area (Å²) in [6.07, 6.45) is 1.35. The third-order valence-corrected chi connectivity index (χ3v) is 4.84. The van der Waals surface area contributed by atoms with E-state index in [2.05, 4.69) is 69.8 Å². The van der Waals surface area contributed by atoms with Gasteiger partial charge in [0.15, 0.2) is 0 Å². The van der Waals surface area contributed by atoms with Crippen LogP contribution < -0.4 is 5.32 Å². The first-order chi connectivity index (χ1) is 9.83. The number of ether oxygens (including phenoxy) is 1. The van der Waals surface area contributed by atoms with Gasteiger partial charge in [-0.15, -0.1) is 0 Å². The second-order valence-electron chi connectivity index (χ2n) is 5.51. The maximum atomic E-state index is 6.01. The fourth-order valence-corrected chi connectivity index (χ4v) is 3.87. The Balaban J connectivity index is 1.79. The van der Waals surface area contributed by atoms with Crippen molar-refractivity contribution in [3.05, 3.63) is 64.1 Å². The van der Waals surface area contributed by atoms with Crippen LogP contribution in [0.15, 0.2) is 53.0 Å². The maximum absolute atomic E-state index is 6.01. The van der Waals surface area contributed by atoms with Crippen LogP contribution in [0.2, 0.25) is 0 Å². The van der Waals surface area contributed by atoms with Gasteiger partial charge in [0.2, 0.25) is 0 Å². The maximum Gasteiger partial charge on any atom is 0.0896 e. The van der Waals surface area contributed by atoms with E-state index in [1.165, 1.54) is 16.8 Å². The van der Waals surface area contributed by atoms with Crippen LogP contribution in [-0.2, 0) is 4.74 Å². The standard InChI is InChI=1S/C17H16BrNO/c18-12-5-3-4-11(10-12)16-14-8-9-20-17(14)13-6-1-2-7-15(13)19-16/h1-7,10,14,16-17,19H,8-9H2/t14-,16+,17+/m0/s1. The van der Waals surface area contributed by atoms with E-state index < -0.39 is 0 Å². The van der Waals surface area contributed by atoms with Gasteiger partial charge in [0.25, 0.3) is 0 Å². The van der Waals surface area contributed by atoms with Crippen molar-refractivity contribution < 1.29 is 4.74 Å². The number of para-hydroxylation sites is 1. The molecule has 1 saturated heterocycles. The third-order valence-electron chi connectivity index (χ3n) is 4.35. The molecule has 2 aromatic rings. The summed E-state index contributed by atoms with van der Waals surface area (Å²) in [6, 6.07) is 17.4. The lowest BCUT2D eigenvalue weighted by Gasteiger charge is -2.36. The van der Waals surface area contributed by atoms with Gasteiger partial charge >= 0.3 is 0 Å². The molecule has 1 fully saturated rings. The summed E-state index contributed by atoms with van der Waals surface area (Å²) in [7, 11) is 0. The van der Waals surface area contributed by atoms with Crippen LogP contribution in [0.5, 0.6) is 0 Å². The van der Waals surface area contributed by atoms with Gasteiger partial charge in [-0.05, 0) is 30.2 Å². The molecule has 0 saturated carbocycles. The molecule has 0 radical (unpaired) electrons. The Morgan fingerprint density at radius 1 is 1.10 bits per heavy atom. The molecule has 4 rings (SSSR count). The molecule has 0 amide bonds. The zero-order valence-electron chi connectivity index (χ0n) is 11.1. The monoisotopic (exact) mass is 329 g/mol. The van der Waals surface area contributed by atoms with E-state index in [9.17, 15) is 0 Å². The van der Waals surface area contributed by atoms with Crippen molar-refractivity contribution in [2.45, 2.75) is 18.6 Å². The zero-order valence-corrected chi connectivity index (χ0v) is 12.6. The van der Waals surface area contributed by atoms with Crippen LogP contribution >= 0.6 is 15.9 Å². The molecule has 0 unspecified atom stereocenters. The molecule has 3 atom stereocenters. The molecule has 2 heterocycles. The summed E-state index contributed by atoms with van der Waals surface area (Å²) in [4.78, 5) is 0. The minimum Gasteiger partial charge on any atom is -0.378 e. The molecule has 2 aliphatic rings. The van der Waals surface area contributed by atoms with E-state index in [0.717, 1.165) is 17.5 Å². The molecule has 20 heavy (non-hydrogen) atoms. The Hall–Kier alpha value is -1.32. The fraction of sp³-hybridized carbons (Fsp3) is 0.294. The number of anilines is 1. The molecule has 2 nitrogen and oxygen atoms in total. The average molecular weight is 330 g/mol. The number of rotatable bonds is 1. The Bertz CT molecular complexity index is 642. The van der Waals surface area contributed by atoms with Crippen molar-refractivity contribution in [3.63, 3.8) is 0 Å².